The number of carboxylic acid groups (broad SMARTS) is 1. The number of carbonyl (C=O) groups is 1. The monoisotopic (exact) mass is 138 g/mol. The molecule has 4 heteroatoms. The van der Waals surface area contributed by atoms with E-state index in [1.54, 1.807) is 6.92 Å². The van der Waals surface area contributed by atoms with E-state index >= 15 is 0 Å². The van der Waals surface area contributed by atoms with Crippen LogP contribution in [0.4, 0.5) is 0 Å². The molecule has 0 aromatic rings. The predicted molar refractivity (Wildman–Crippen MR) is 28.7 cm³/mol. The first-order valence-corrected chi connectivity index (χ1v) is 2.47. The van der Waals surface area contributed by atoms with Gasteiger partial charge in [0.1, 0.15) is 0 Å². The van der Waals surface area contributed by atoms with Crippen molar-refractivity contribution in [2.75, 3.05) is 0 Å². The van der Waals surface area contributed by atoms with Gasteiger partial charge < -0.3 is 5.11 Å². The zero-order chi connectivity index (χ0) is 6.57. The summed E-state index contributed by atoms with van der Waals surface area (Å²) in [6.45, 7) is 1.58. The molecule has 8 heavy (non-hydrogen) atoms. The van der Waals surface area contributed by atoms with Gasteiger partial charge in [0.2, 0.25) is 0 Å². The molecule has 0 rings (SSSR count). The number of aliphatic carboxylic acids is 1. The molecule has 0 saturated heterocycles. The summed E-state index contributed by atoms with van der Waals surface area (Å²) < 4.78 is 4.15. The van der Waals surface area contributed by atoms with E-state index in [1.807, 2.05) is 0 Å². The van der Waals surface area contributed by atoms with Crippen molar-refractivity contribution in [2.24, 2.45) is 0 Å². The van der Waals surface area contributed by atoms with Gasteiger partial charge in [0.25, 0.3) is 0 Å². The van der Waals surface area contributed by atoms with Crippen LogP contribution in [0.3, 0.4) is 0 Å². The van der Waals surface area contributed by atoms with E-state index < -0.39 is 12.1 Å². The Morgan fingerprint density at radius 2 is 2.50 bits per heavy atom. The van der Waals surface area contributed by atoms with Crippen LogP contribution < -0.4 is 0 Å². The molecule has 0 aromatic heterocycles. The Balaban J connectivity index is 3.24. The fourth-order valence-electron chi connectivity index (χ4n) is 0.277. The zero-order valence-corrected chi connectivity index (χ0v) is 5.18. The summed E-state index contributed by atoms with van der Waals surface area (Å²) in [7, 11) is 0. The average Bonchev–Trinajstić information content (AvgIpc) is 1.65. The van der Waals surface area contributed by atoms with Gasteiger partial charge in [-0.25, -0.2) is 0 Å². The number of halogens is 1. The van der Waals surface area contributed by atoms with E-state index in [0.29, 0.717) is 0 Å². The average molecular weight is 139 g/mol. The van der Waals surface area contributed by atoms with Crippen LogP contribution in [0, 0.1) is 0 Å². The highest BCUT2D eigenvalue weighted by Gasteiger charge is 2.05. The lowest BCUT2D eigenvalue weighted by Gasteiger charge is -1.99. The van der Waals surface area contributed by atoms with Crippen molar-refractivity contribution < 1.29 is 14.2 Å². The van der Waals surface area contributed by atoms with Gasteiger partial charge in [-0.3, -0.25) is 9.08 Å². The third-order valence-electron chi connectivity index (χ3n) is 0.614. The van der Waals surface area contributed by atoms with Gasteiger partial charge in [-0.2, -0.15) is 0 Å². The summed E-state index contributed by atoms with van der Waals surface area (Å²) in [5.74, 6) is -0.904. The van der Waals surface area contributed by atoms with Gasteiger partial charge in [-0.15, -0.1) is 0 Å². The highest BCUT2D eigenvalue weighted by molar-refractivity contribution is 6.07. The molecule has 1 atom stereocenters. The number of hydrogen-bond acceptors (Lipinski definition) is 2. The Bertz CT molecular complexity index is 83.4. The summed E-state index contributed by atoms with van der Waals surface area (Å²) in [4.78, 5) is 9.83. The molecule has 0 aromatic carbocycles. The van der Waals surface area contributed by atoms with Gasteiger partial charge in [-0.1, -0.05) is 0 Å². The predicted octanol–water partition coefficient (Wildman–Crippen LogP) is 1.02. The first kappa shape index (κ1) is 7.72. The van der Waals surface area contributed by atoms with Crippen molar-refractivity contribution >= 4 is 17.8 Å². The Morgan fingerprint density at radius 3 is 2.62 bits per heavy atom. The van der Waals surface area contributed by atoms with E-state index in [4.69, 9.17) is 17.0 Å². The van der Waals surface area contributed by atoms with Crippen LogP contribution in [0.25, 0.3) is 0 Å². The highest BCUT2D eigenvalue weighted by atomic mass is 35.5. The zero-order valence-electron chi connectivity index (χ0n) is 4.43. The van der Waals surface area contributed by atoms with Gasteiger partial charge in [0, 0.05) is 0 Å². The molecule has 0 bridgehead atoms. The van der Waals surface area contributed by atoms with E-state index in [-0.39, 0.29) is 6.42 Å². The third kappa shape index (κ3) is 3.89. The molecular formula is C4H7ClO3. The second-order valence-electron chi connectivity index (χ2n) is 1.50. The maximum Gasteiger partial charge on any atom is 0.306 e. The van der Waals surface area contributed by atoms with Crippen LogP contribution in [0.15, 0.2) is 0 Å². The largest absolute Gasteiger partial charge is 0.481 e. The van der Waals surface area contributed by atoms with Crippen molar-refractivity contribution in [3.05, 3.63) is 0 Å². The quantitative estimate of drug-likeness (QED) is 0.634. The summed E-state index contributed by atoms with van der Waals surface area (Å²) in [6.07, 6.45) is -0.460. The Hall–Kier alpha value is -0.280. The lowest BCUT2D eigenvalue weighted by Crippen LogP contribution is -2.08. The molecule has 1 unspecified atom stereocenters. The van der Waals surface area contributed by atoms with Crippen LogP contribution in [0.2, 0.25) is 0 Å². The highest BCUT2D eigenvalue weighted by Crippen LogP contribution is 1.98. The van der Waals surface area contributed by atoms with Gasteiger partial charge >= 0.3 is 5.97 Å². The SMILES string of the molecule is CC(CC(=O)O)OCl. The van der Waals surface area contributed by atoms with Crippen molar-refractivity contribution in [1.29, 1.82) is 0 Å². The molecule has 0 aliphatic carbocycles. The summed E-state index contributed by atoms with van der Waals surface area (Å²) >= 11 is 4.83. The van der Waals surface area contributed by atoms with Crippen LogP contribution in [-0.4, -0.2) is 17.2 Å². The molecule has 0 aliphatic rings. The first-order valence-electron chi connectivity index (χ1n) is 2.16. The van der Waals surface area contributed by atoms with Crippen molar-refractivity contribution in [3.63, 3.8) is 0 Å². The molecule has 0 aliphatic heterocycles. The molecule has 0 amide bonds. The molecule has 0 heterocycles. The van der Waals surface area contributed by atoms with Crippen LogP contribution in [-0.2, 0) is 9.08 Å². The minimum absolute atomic E-state index is 0.0521. The van der Waals surface area contributed by atoms with Gasteiger partial charge in [0.05, 0.1) is 24.4 Å². The second kappa shape index (κ2) is 3.69. The van der Waals surface area contributed by atoms with Crippen molar-refractivity contribution in [2.45, 2.75) is 19.4 Å². The van der Waals surface area contributed by atoms with Crippen molar-refractivity contribution in [3.8, 4) is 0 Å². The van der Waals surface area contributed by atoms with Crippen molar-refractivity contribution in [1.82, 2.24) is 0 Å². The topological polar surface area (TPSA) is 46.5 Å². The standard InChI is InChI=1S/C4H7ClO3/c1-3(8-5)2-4(6)7/h3H,2H2,1H3,(H,6,7). The van der Waals surface area contributed by atoms with Crippen LogP contribution in [0.1, 0.15) is 13.3 Å². The summed E-state index contributed by atoms with van der Waals surface area (Å²) in [5.41, 5.74) is 0. The Kier molecular flexibility index (Phi) is 3.56. The fraction of sp³-hybridized carbons (Fsp3) is 0.750. The second-order valence-corrected chi connectivity index (χ2v) is 1.68. The Morgan fingerprint density at radius 1 is 2.00 bits per heavy atom. The van der Waals surface area contributed by atoms with Gasteiger partial charge in [0.15, 0.2) is 0 Å². The smallest absolute Gasteiger partial charge is 0.306 e. The minimum atomic E-state index is -0.904. The normalized spacial score (nSPS) is 13.2. The third-order valence-corrected chi connectivity index (χ3v) is 0.918. The van der Waals surface area contributed by atoms with E-state index in [0.717, 1.165) is 0 Å². The molecule has 0 spiro atoms. The van der Waals surface area contributed by atoms with E-state index in [1.165, 1.54) is 0 Å². The van der Waals surface area contributed by atoms with Gasteiger partial charge in [-0.05, 0) is 6.92 Å². The van der Waals surface area contributed by atoms with Crippen LogP contribution in [0.5, 0.6) is 0 Å². The molecule has 48 valence electrons. The number of rotatable bonds is 3. The summed E-state index contributed by atoms with van der Waals surface area (Å²) in [6, 6.07) is 0. The van der Waals surface area contributed by atoms with Crippen LogP contribution >= 0.6 is 11.9 Å². The molecule has 3 nitrogen and oxygen atoms in total. The maximum atomic E-state index is 9.83. The Labute approximate surface area is 52.4 Å². The first-order chi connectivity index (χ1) is 3.66. The lowest BCUT2D eigenvalue weighted by atomic mass is 10.3. The van der Waals surface area contributed by atoms with E-state index in [2.05, 4.69) is 4.29 Å². The molecule has 1 N–H and O–H groups in total. The minimum Gasteiger partial charge on any atom is -0.481 e. The lowest BCUT2D eigenvalue weighted by molar-refractivity contribution is -0.138. The maximum absolute atomic E-state index is 9.83. The van der Waals surface area contributed by atoms with E-state index in [9.17, 15) is 4.79 Å². The summed E-state index contributed by atoms with van der Waals surface area (Å²) in [5, 5.41) is 8.08. The molecule has 0 saturated carbocycles. The number of hydrogen-bond donors (Lipinski definition) is 1. The number of carboxylic acids is 1. The molecule has 0 radical (unpaired) electrons. The fourth-order valence-corrected chi connectivity index (χ4v) is 0.340. The molecular weight excluding hydrogens is 131 g/mol. The molecule has 0 fully saturated rings.